The smallest absolute Gasteiger partial charge is 0.306 e. The van der Waals surface area contributed by atoms with Gasteiger partial charge in [-0.3, -0.25) is 9.59 Å². The average Bonchev–Trinajstić information content (AvgIpc) is 3.50. The lowest BCUT2D eigenvalue weighted by molar-refractivity contribution is -0.870. The van der Waals surface area contributed by atoms with Gasteiger partial charge in [-0.2, -0.15) is 0 Å². The number of allylic oxidation sites excluding steroid dienone is 14. The summed E-state index contributed by atoms with van der Waals surface area (Å²) >= 11 is 0. The van der Waals surface area contributed by atoms with Crippen LogP contribution < -0.4 is 5.11 Å². The number of quaternary nitrogens is 1. The molecule has 0 heterocycles. The summed E-state index contributed by atoms with van der Waals surface area (Å²) in [4.78, 5) is 37.6. The zero-order valence-corrected chi connectivity index (χ0v) is 60.5. The standard InChI is InChI=1S/C82H147NO8/c1-6-8-10-12-14-16-18-20-22-24-26-28-30-32-34-36-37-38-39-40-41-42-43-45-47-49-51-53-55-57-59-61-63-65-67-69-71-73-80(85)91-78(77-90-82(81(86)87)88-75-74-83(3,4)5)76-89-79(84)72-70-68-66-64-62-60-58-56-54-52-50-48-46-44-35-33-31-29-27-25-23-21-19-17-15-13-11-9-7-2/h8,10,14,16,19-22,25-28,32,34,78,82H,6-7,9,11-13,15,17-18,23-24,29-31,33,35-77H2,1-5H3/b10-8-,16-14-,21-19-,22-20-,27-25-,28-26-,34-32-. The zero-order valence-electron chi connectivity index (χ0n) is 60.5. The van der Waals surface area contributed by atoms with Crippen molar-refractivity contribution in [3.05, 3.63) is 85.1 Å². The van der Waals surface area contributed by atoms with Gasteiger partial charge in [0.15, 0.2) is 12.4 Å². The van der Waals surface area contributed by atoms with Crippen molar-refractivity contribution in [2.45, 2.75) is 373 Å². The number of hydrogen-bond acceptors (Lipinski definition) is 8. The van der Waals surface area contributed by atoms with Gasteiger partial charge in [-0.25, -0.2) is 0 Å². The Morgan fingerprint density at radius 3 is 0.934 bits per heavy atom. The maximum atomic E-state index is 13.0. The Morgan fingerprint density at radius 1 is 0.341 bits per heavy atom. The second kappa shape index (κ2) is 72.3. The fourth-order valence-electron chi connectivity index (χ4n) is 11.2. The Bertz CT molecular complexity index is 1770. The van der Waals surface area contributed by atoms with Crippen LogP contribution >= 0.6 is 0 Å². The van der Waals surface area contributed by atoms with Crippen LogP contribution in [0.2, 0.25) is 0 Å². The van der Waals surface area contributed by atoms with E-state index in [1.807, 2.05) is 21.1 Å². The van der Waals surface area contributed by atoms with Gasteiger partial charge < -0.3 is 33.3 Å². The summed E-state index contributed by atoms with van der Waals surface area (Å²) in [5.74, 6) is -2.26. The minimum absolute atomic E-state index is 0.148. The van der Waals surface area contributed by atoms with Crippen LogP contribution in [0.1, 0.15) is 361 Å². The van der Waals surface area contributed by atoms with Crippen LogP contribution in [0, 0.1) is 0 Å². The van der Waals surface area contributed by atoms with Crippen molar-refractivity contribution in [3.8, 4) is 0 Å². The Hall–Kier alpha value is -3.53. The van der Waals surface area contributed by atoms with E-state index in [0.29, 0.717) is 23.9 Å². The molecular formula is C82H147NO8. The molecule has 0 aliphatic heterocycles. The zero-order chi connectivity index (χ0) is 66.1. The first-order valence-electron chi connectivity index (χ1n) is 38.7. The van der Waals surface area contributed by atoms with Gasteiger partial charge in [0.05, 0.1) is 40.3 Å². The highest BCUT2D eigenvalue weighted by Crippen LogP contribution is 2.19. The minimum atomic E-state index is -1.62. The van der Waals surface area contributed by atoms with E-state index in [4.69, 9.17) is 18.9 Å². The lowest BCUT2D eigenvalue weighted by Crippen LogP contribution is -2.44. The molecule has 9 nitrogen and oxygen atoms in total. The van der Waals surface area contributed by atoms with E-state index in [1.165, 1.54) is 257 Å². The number of rotatable bonds is 72. The summed E-state index contributed by atoms with van der Waals surface area (Å²) in [6.07, 6.45) is 95.5. The SMILES string of the molecule is CC/C=C\C/C=C\C/C=C\C/C=C\C/C=C\CCCCCCCCCCCCCCCCCCCCCCCC(=O)OC(COC(=O)CCCCCCCCCCCCCCCCCCC/C=C\C/C=C\CCCCCCC)COC(OCC[N+](C)(C)C)C(=O)[O-]. The van der Waals surface area contributed by atoms with E-state index in [-0.39, 0.29) is 32.2 Å². The second-order valence-electron chi connectivity index (χ2n) is 27.3. The van der Waals surface area contributed by atoms with Gasteiger partial charge in [-0.05, 0) is 89.9 Å². The van der Waals surface area contributed by atoms with Gasteiger partial charge >= 0.3 is 11.9 Å². The minimum Gasteiger partial charge on any atom is -0.545 e. The van der Waals surface area contributed by atoms with Gasteiger partial charge in [0.25, 0.3) is 0 Å². The van der Waals surface area contributed by atoms with Crippen molar-refractivity contribution in [2.75, 3.05) is 47.5 Å². The monoisotopic (exact) mass is 1270 g/mol. The fraction of sp³-hybridized carbons (Fsp3) is 0.793. The van der Waals surface area contributed by atoms with E-state index in [0.717, 1.165) is 70.6 Å². The quantitative estimate of drug-likeness (QED) is 0.0195. The summed E-state index contributed by atoms with van der Waals surface area (Å²) in [5, 5.41) is 11.9. The highest BCUT2D eigenvalue weighted by molar-refractivity contribution is 5.70. The molecule has 0 aliphatic carbocycles. The summed E-state index contributed by atoms with van der Waals surface area (Å²) in [5.41, 5.74) is 0. The van der Waals surface area contributed by atoms with Gasteiger partial charge in [0, 0.05) is 12.8 Å². The van der Waals surface area contributed by atoms with Crippen LogP contribution in [0.15, 0.2) is 85.1 Å². The Balaban J connectivity index is 4.01. The molecule has 0 saturated carbocycles. The molecule has 0 bridgehead atoms. The first kappa shape index (κ1) is 87.5. The summed E-state index contributed by atoms with van der Waals surface area (Å²) < 4.78 is 22.9. The molecule has 2 atom stereocenters. The van der Waals surface area contributed by atoms with Crippen LogP contribution in [-0.2, 0) is 33.3 Å². The molecule has 91 heavy (non-hydrogen) atoms. The lowest BCUT2D eigenvalue weighted by Gasteiger charge is -2.26. The fourth-order valence-corrected chi connectivity index (χ4v) is 11.2. The number of carboxylic acids is 1. The van der Waals surface area contributed by atoms with E-state index in [1.54, 1.807) is 0 Å². The average molecular weight is 1280 g/mol. The Kier molecular flexibility index (Phi) is 69.5. The predicted molar refractivity (Wildman–Crippen MR) is 389 cm³/mol. The maximum absolute atomic E-state index is 13.0. The molecule has 9 heteroatoms. The van der Waals surface area contributed by atoms with E-state index >= 15 is 0 Å². The number of unbranched alkanes of at least 4 members (excludes halogenated alkanes) is 43. The van der Waals surface area contributed by atoms with E-state index in [2.05, 4.69) is 98.9 Å². The molecule has 0 amide bonds. The molecule has 0 rings (SSSR count). The normalized spacial score (nSPS) is 13.1. The third-order valence-corrected chi connectivity index (χ3v) is 17.1. The van der Waals surface area contributed by atoms with Gasteiger partial charge in [0.2, 0.25) is 0 Å². The second-order valence-corrected chi connectivity index (χ2v) is 27.3. The molecule has 0 aromatic heterocycles. The van der Waals surface area contributed by atoms with Gasteiger partial charge in [0.1, 0.15) is 13.2 Å². The first-order chi connectivity index (χ1) is 44.6. The third-order valence-electron chi connectivity index (χ3n) is 17.1. The maximum Gasteiger partial charge on any atom is 0.306 e. The number of likely N-dealkylation sites (N-methyl/N-ethyl adjacent to an activating group) is 1. The Labute approximate surface area is 563 Å². The molecular weight excluding hydrogens is 1130 g/mol. The lowest BCUT2D eigenvalue weighted by atomic mass is 10.0. The van der Waals surface area contributed by atoms with E-state index < -0.39 is 24.3 Å². The third kappa shape index (κ3) is 73.7. The topological polar surface area (TPSA) is 111 Å². The van der Waals surface area contributed by atoms with E-state index in [9.17, 15) is 19.5 Å². The number of aliphatic carboxylic acids is 1. The molecule has 528 valence electrons. The van der Waals surface area contributed by atoms with Crippen LogP contribution in [0.25, 0.3) is 0 Å². The summed E-state index contributed by atoms with van der Waals surface area (Å²) in [7, 11) is 5.94. The van der Waals surface area contributed by atoms with Gasteiger partial charge in [-0.15, -0.1) is 0 Å². The number of nitrogens with zero attached hydrogens (tertiary/aromatic N) is 1. The van der Waals surface area contributed by atoms with Crippen LogP contribution in [0.4, 0.5) is 0 Å². The van der Waals surface area contributed by atoms with Crippen molar-refractivity contribution < 1.29 is 42.9 Å². The summed E-state index contributed by atoms with van der Waals surface area (Å²) in [6, 6.07) is 0. The predicted octanol–water partition coefficient (Wildman–Crippen LogP) is 23.3. The molecule has 0 spiro atoms. The van der Waals surface area contributed by atoms with Gasteiger partial charge in [-0.1, -0.05) is 343 Å². The van der Waals surface area contributed by atoms with Crippen LogP contribution in [0.3, 0.4) is 0 Å². The highest BCUT2D eigenvalue weighted by Gasteiger charge is 2.22. The molecule has 0 radical (unpaired) electrons. The molecule has 0 fully saturated rings. The molecule has 0 N–H and O–H groups in total. The van der Waals surface area contributed by atoms with Crippen molar-refractivity contribution in [2.24, 2.45) is 0 Å². The van der Waals surface area contributed by atoms with Crippen molar-refractivity contribution in [3.63, 3.8) is 0 Å². The molecule has 0 aromatic rings. The number of carboxylic acid groups (broad SMARTS) is 1. The molecule has 0 saturated heterocycles. The number of hydrogen-bond donors (Lipinski definition) is 0. The highest BCUT2D eigenvalue weighted by atomic mass is 16.7. The number of carbonyl (C=O) groups is 3. The number of ether oxygens (including phenoxy) is 4. The number of esters is 2. The molecule has 0 aliphatic rings. The van der Waals surface area contributed by atoms with Crippen molar-refractivity contribution in [1.29, 1.82) is 0 Å². The van der Waals surface area contributed by atoms with Crippen molar-refractivity contribution in [1.82, 2.24) is 0 Å². The first-order valence-corrected chi connectivity index (χ1v) is 38.7. The molecule has 2 unspecified atom stereocenters. The van der Waals surface area contributed by atoms with Crippen LogP contribution in [0.5, 0.6) is 0 Å². The Morgan fingerprint density at radius 2 is 0.626 bits per heavy atom. The largest absolute Gasteiger partial charge is 0.545 e. The summed E-state index contributed by atoms with van der Waals surface area (Å²) in [6.45, 7) is 4.68. The van der Waals surface area contributed by atoms with Crippen LogP contribution in [-0.4, -0.2) is 82.3 Å². The van der Waals surface area contributed by atoms with Crippen molar-refractivity contribution >= 4 is 17.9 Å². The molecule has 0 aromatic carbocycles. The number of carbonyl (C=O) groups excluding carboxylic acids is 3.